The Morgan fingerprint density at radius 3 is 2.94 bits per heavy atom. The molecule has 18 heavy (non-hydrogen) atoms. The quantitative estimate of drug-likeness (QED) is 0.893. The van der Waals surface area contributed by atoms with Crippen LogP contribution in [0.4, 0.5) is 5.82 Å². The summed E-state index contributed by atoms with van der Waals surface area (Å²) in [6.07, 6.45) is 4.19. The molecule has 100 valence electrons. The van der Waals surface area contributed by atoms with Gasteiger partial charge in [-0.05, 0) is 18.9 Å². The molecule has 0 spiro atoms. The average molecular weight is 283 g/mol. The lowest BCUT2D eigenvalue weighted by molar-refractivity contribution is 0.749. The van der Waals surface area contributed by atoms with Gasteiger partial charge in [0.2, 0.25) is 0 Å². The van der Waals surface area contributed by atoms with Crippen molar-refractivity contribution < 1.29 is 0 Å². The van der Waals surface area contributed by atoms with E-state index in [2.05, 4.69) is 40.9 Å². The number of nitrogens with one attached hydrogen (secondary N) is 1. The van der Waals surface area contributed by atoms with Crippen LogP contribution in [0.3, 0.4) is 0 Å². The fourth-order valence-electron chi connectivity index (χ4n) is 2.00. The number of thioether (sulfide) groups is 2. The molecular weight excluding hydrogens is 262 g/mol. The molecule has 2 rings (SSSR count). The molecule has 0 amide bonds. The van der Waals surface area contributed by atoms with E-state index in [1.54, 1.807) is 0 Å². The molecule has 0 aromatic carbocycles. The Kier molecular flexibility index (Phi) is 5.63. The van der Waals surface area contributed by atoms with Gasteiger partial charge in [-0.15, -0.1) is 11.8 Å². The molecule has 0 bridgehead atoms. The lowest BCUT2D eigenvalue weighted by Crippen LogP contribution is -2.20. The molecule has 0 radical (unpaired) electrons. The van der Waals surface area contributed by atoms with Gasteiger partial charge in [-0.1, -0.05) is 13.8 Å². The zero-order valence-electron chi connectivity index (χ0n) is 11.1. The van der Waals surface area contributed by atoms with Crippen molar-refractivity contribution in [1.29, 1.82) is 0 Å². The first-order chi connectivity index (χ1) is 8.85. The second-order valence-electron chi connectivity index (χ2n) is 4.34. The van der Waals surface area contributed by atoms with E-state index in [1.165, 1.54) is 17.9 Å². The number of hydrogen-bond acceptors (Lipinski definition) is 5. The van der Waals surface area contributed by atoms with Gasteiger partial charge in [-0.3, -0.25) is 0 Å². The lowest BCUT2D eigenvalue weighted by atomic mass is 10.2. The molecule has 3 nitrogen and oxygen atoms in total. The highest BCUT2D eigenvalue weighted by Gasteiger charge is 2.28. The van der Waals surface area contributed by atoms with Crippen LogP contribution in [0.1, 0.15) is 37.8 Å². The maximum atomic E-state index is 4.68. The predicted octanol–water partition coefficient (Wildman–Crippen LogP) is 3.60. The van der Waals surface area contributed by atoms with Crippen LogP contribution in [0.25, 0.3) is 0 Å². The molecular formula is C13H21N3S2. The van der Waals surface area contributed by atoms with Crippen LogP contribution in [0.5, 0.6) is 0 Å². The van der Waals surface area contributed by atoms with Gasteiger partial charge >= 0.3 is 0 Å². The first-order valence-electron chi connectivity index (χ1n) is 6.65. The molecule has 1 aromatic heterocycles. The molecule has 2 unspecified atom stereocenters. The van der Waals surface area contributed by atoms with Gasteiger partial charge in [-0.25, -0.2) is 9.97 Å². The topological polar surface area (TPSA) is 37.8 Å². The van der Waals surface area contributed by atoms with Gasteiger partial charge in [0.1, 0.15) is 11.6 Å². The van der Waals surface area contributed by atoms with E-state index in [0.717, 1.165) is 24.6 Å². The van der Waals surface area contributed by atoms with Crippen molar-refractivity contribution in [1.82, 2.24) is 9.97 Å². The van der Waals surface area contributed by atoms with Crippen LogP contribution in [-0.2, 0) is 0 Å². The number of rotatable bonds is 5. The van der Waals surface area contributed by atoms with Crippen LogP contribution < -0.4 is 5.32 Å². The monoisotopic (exact) mass is 283 g/mol. The Morgan fingerprint density at radius 1 is 1.33 bits per heavy atom. The summed E-state index contributed by atoms with van der Waals surface area (Å²) < 4.78 is 0. The summed E-state index contributed by atoms with van der Waals surface area (Å²) in [7, 11) is 0. The average Bonchev–Trinajstić information content (AvgIpc) is 2.45. The molecule has 0 saturated carbocycles. The van der Waals surface area contributed by atoms with E-state index in [1.807, 2.05) is 24.0 Å². The van der Waals surface area contributed by atoms with E-state index >= 15 is 0 Å². The van der Waals surface area contributed by atoms with Gasteiger partial charge in [0.05, 0.1) is 5.25 Å². The molecule has 1 aromatic rings. The number of aromatic nitrogens is 2. The second-order valence-corrected chi connectivity index (χ2v) is 6.93. The summed E-state index contributed by atoms with van der Waals surface area (Å²) in [6, 6.07) is 1.96. The molecule has 1 saturated heterocycles. The maximum absolute atomic E-state index is 4.68. The Bertz CT molecular complexity index is 373. The highest BCUT2D eigenvalue weighted by Crippen LogP contribution is 2.42. The molecule has 5 heteroatoms. The minimum absolute atomic E-state index is 0.456. The normalized spacial score (nSPS) is 23.9. The third kappa shape index (κ3) is 3.54. The van der Waals surface area contributed by atoms with Gasteiger partial charge < -0.3 is 5.32 Å². The summed E-state index contributed by atoms with van der Waals surface area (Å²) in [5.74, 6) is 4.43. The van der Waals surface area contributed by atoms with Crippen molar-refractivity contribution in [2.24, 2.45) is 0 Å². The first kappa shape index (κ1) is 14.0. The third-order valence-corrected chi connectivity index (χ3v) is 6.18. The van der Waals surface area contributed by atoms with Gasteiger partial charge in [0, 0.05) is 29.5 Å². The van der Waals surface area contributed by atoms with Crippen molar-refractivity contribution in [3.05, 3.63) is 18.1 Å². The lowest BCUT2D eigenvalue weighted by Gasteiger charge is -2.28. The maximum Gasteiger partial charge on any atom is 0.144 e. The summed E-state index contributed by atoms with van der Waals surface area (Å²) in [4.78, 5) is 9.16. The van der Waals surface area contributed by atoms with Gasteiger partial charge in [0.15, 0.2) is 0 Å². The smallest absolute Gasteiger partial charge is 0.144 e. The van der Waals surface area contributed by atoms with Crippen LogP contribution in [0.2, 0.25) is 0 Å². The van der Waals surface area contributed by atoms with Crippen LogP contribution in [0.15, 0.2) is 12.3 Å². The fourth-order valence-corrected chi connectivity index (χ4v) is 5.00. The Labute approximate surface area is 118 Å². The summed E-state index contributed by atoms with van der Waals surface area (Å²) in [5.41, 5.74) is 0. The molecule has 1 aliphatic heterocycles. The standard InChI is InChI=1S/C13H21N3S2/c1-3-6-14-11-5-7-15-13(16-11)12-10(4-2)17-8-9-18-12/h5,7,10,12H,3-4,6,8-9H2,1-2H3,(H,14,15,16). The summed E-state index contributed by atoms with van der Waals surface area (Å²) in [5, 5.41) is 4.45. The fraction of sp³-hybridized carbons (Fsp3) is 0.692. The predicted molar refractivity (Wildman–Crippen MR) is 82.5 cm³/mol. The second kappa shape index (κ2) is 7.24. The van der Waals surface area contributed by atoms with E-state index in [0.29, 0.717) is 10.5 Å². The van der Waals surface area contributed by atoms with Gasteiger partial charge in [-0.2, -0.15) is 11.8 Å². The third-order valence-electron chi connectivity index (χ3n) is 2.94. The van der Waals surface area contributed by atoms with Crippen molar-refractivity contribution in [3.8, 4) is 0 Å². The Balaban J connectivity index is 2.10. The molecule has 1 aliphatic rings. The zero-order chi connectivity index (χ0) is 12.8. The van der Waals surface area contributed by atoms with Crippen molar-refractivity contribution in [2.75, 3.05) is 23.4 Å². The molecule has 0 aliphatic carbocycles. The minimum Gasteiger partial charge on any atom is -0.370 e. The molecule has 1 fully saturated rings. The molecule has 2 atom stereocenters. The van der Waals surface area contributed by atoms with Gasteiger partial charge in [0.25, 0.3) is 0 Å². The molecule has 1 N–H and O–H groups in total. The zero-order valence-corrected chi connectivity index (χ0v) is 12.7. The van der Waals surface area contributed by atoms with E-state index < -0.39 is 0 Å². The molecule has 2 heterocycles. The Hall–Kier alpha value is -0.420. The van der Waals surface area contributed by atoms with Crippen LogP contribution in [0, 0.1) is 0 Å². The highest BCUT2D eigenvalue weighted by molar-refractivity contribution is 8.06. The summed E-state index contributed by atoms with van der Waals surface area (Å²) >= 11 is 4.08. The van der Waals surface area contributed by atoms with Crippen molar-refractivity contribution in [2.45, 2.75) is 37.2 Å². The van der Waals surface area contributed by atoms with Crippen LogP contribution >= 0.6 is 23.5 Å². The minimum atomic E-state index is 0.456. The number of hydrogen-bond donors (Lipinski definition) is 1. The van der Waals surface area contributed by atoms with Crippen LogP contribution in [-0.4, -0.2) is 33.3 Å². The largest absolute Gasteiger partial charge is 0.370 e. The van der Waals surface area contributed by atoms with E-state index in [4.69, 9.17) is 0 Å². The summed E-state index contributed by atoms with van der Waals surface area (Å²) in [6.45, 7) is 5.39. The van der Waals surface area contributed by atoms with E-state index in [9.17, 15) is 0 Å². The SMILES string of the molecule is CCCNc1ccnc(C2SCCSC2CC)n1. The van der Waals surface area contributed by atoms with E-state index in [-0.39, 0.29) is 0 Å². The highest BCUT2D eigenvalue weighted by atomic mass is 32.2. The number of anilines is 1. The number of nitrogens with zero attached hydrogens (tertiary/aromatic N) is 2. The van der Waals surface area contributed by atoms with Crippen molar-refractivity contribution >= 4 is 29.3 Å². The first-order valence-corrected chi connectivity index (χ1v) is 8.75. The Morgan fingerprint density at radius 2 is 2.17 bits per heavy atom. The van der Waals surface area contributed by atoms with Crippen molar-refractivity contribution in [3.63, 3.8) is 0 Å².